The van der Waals surface area contributed by atoms with Gasteiger partial charge in [0.15, 0.2) is 11.6 Å². The molecule has 5 heteroatoms. The van der Waals surface area contributed by atoms with Crippen molar-refractivity contribution >= 4 is 11.6 Å². The number of hydrogen-bond donors (Lipinski definition) is 1. The Morgan fingerprint density at radius 3 is 2.60 bits per heavy atom. The minimum atomic E-state index is -0.754. The van der Waals surface area contributed by atoms with E-state index in [-0.39, 0.29) is 17.4 Å². The second-order valence-corrected chi connectivity index (χ2v) is 4.75. The van der Waals surface area contributed by atoms with E-state index < -0.39 is 17.7 Å². The quantitative estimate of drug-likeness (QED) is 0.914. The molecule has 2 nitrogen and oxygen atoms in total. The number of ether oxygens (including phenoxy) is 1. The highest BCUT2D eigenvalue weighted by Crippen LogP contribution is 2.25. The molecule has 0 fully saturated rings. The molecule has 0 spiro atoms. The van der Waals surface area contributed by atoms with Crippen LogP contribution in [0, 0.1) is 11.6 Å². The van der Waals surface area contributed by atoms with Crippen molar-refractivity contribution < 1.29 is 18.6 Å². The molecule has 0 aromatic heterocycles. The van der Waals surface area contributed by atoms with Gasteiger partial charge in [0, 0.05) is 5.56 Å². The van der Waals surface area contributed by atoms with Crippen LogP contribution >= 0.6 is 11.6 Å². The lowest BCUT2D eigenvalue weighted by Gasteiger charge is -2.11. The summed E-state index contributed by atoms with van der Waals surface area (Å²) in [6.07, 6.45) is -0.754. The van der Waals surface area contributed by atoms with Gasteiger partial charge in [-0.15, -0.1) is 0 Å². The van der Waals surface area contributed by atoms with Gasteiger partial charge in [-0.3, -0.25) is 0 Å². The average Bonchev–Trinajstić information content (AvgIpc) is 2.41. The van der Waals surface area contributed by atoms with Crippen molar-refractivity contribution in [2.24, 2.45) is 0 Å². The lowest BCUT2D eigenvalue weighted by molar-refractivity contribution is 0.198. The SMILES string of the molecule is C[C@H](O)c1ccc(OCc2cccc(F)c2Cl)c(F)c1. The highest BCUT2D eigenvalue weighted by molar-refractivity contribution is 6.31. The van der Waals surface area contributed by atoms with Gasteiger partial charge in [-0.1, -0.05) is 29.8 Å². The summed E-state index contributed by atoms with van der Waals surface area (Å²) in [5.41, 5.74) is 0.893. The molecule has 2 rings (SSSR count). The van der Waals surface area contributed by atoms with E-state index in [1.54, 1.807) is 19.1 Å². The monoisotopic (exact) mass is 298 g/mol. The predicted molar refractivity (Wildman–Crippen MR) is 72.8 cm³/mol. The van der Waals surface area contributed by atoms with Crippen LogP contribution in [0.1, 0.15) is 24.2 Å². The highest BCUT2D eigenvalue weighted by Gasteiger charge is 2.10. The molecule has 0 radical (unpaired) electrons. The molecule has 0 saturated carbocycles. The first-order valence-corrected chi connectivity index (χ1v) is 6.40. The molecule has 2 aromatic carbocycles. The van der Waals surface area contributed by atoms with Gasteiger partial charge in [0.05, 0.1) is 11.1 Å². The maximum Gasteiger partial charge on any atom is 0.165 e. The van der Waals surface area contributed by atoms with Crippen molar-refractivity contribution in [2.75, 3.05) is 0 Å². The average molecular weight is 299 g/mol. The molecular formula is C15H13ClF2O2. The number of rotatable bonds is 4. The number of aliphatic hydroxyl groups excluding tert-OH is 1. The fraction of sp³-hybridized carbons (Fsp3) is 0.200. The summed E-state index contributed by atoms with van der Waals surface area (Å²) in [6, 6.07) is 8.54. The molecule has 0 amide bonds. The van der Waals surface area contributed by atoms with Crippen LogP contribution in [0.15, 0.2) is 36.4 Å². The van der Waals surface area contributed by atoms with Gasteiger partial charge in [0.1, 0.15) is 12.4 Å². The van der Waals surface area contributed by atoms with E-state index in [4.69, 9.17) is 16.3 Å². The molecule has 0 bridgehead atoms. The van der Waals surface area contributed by atoms with Crippen LogP contribution in [0.3, 0.4) is 0 Å². The molecule has 1 atom stereocenters. The van der Waals surface area contributed by atoms with Crippen LogP contribution in [0.5, 0.6) is 5.75 Å². The molecule has 20 heavy (non-hydrogen) atoms. The first-order valence-electron chi connectivity index (χ1n) is 6.02. The van der Waals surface area contributed by atoms with Crippen molar-refractivity contribution in [1.82, 2.24) is 0 Å². The molecule has 0 aliphatic rings. The van der Waals surface area contributed by atoms with E-state index in [1.807, 2.05) is 0 Å². The summed E-state index contributed by atoms with van der Waals surface area (Å²) in [4.78, 5) is 0. The molecule has 0 aliphatic heterocycles. The molecule has 0 aliphatic carbocycles. The standard InChI is InChI=1S/C15H13ClF2O2/c1-9(19)10-5-6-14(13(18)7-10)20-8-11-3-2-4-12(17)15(11)16/h2-7,9,19H,8H2,1H3/t9-/m0/s1. The van der Waals surface area contributed by atoms with Gasteiger partial charge in [-0.2, -0.15) is 0 Å². The molecule has 0 unspecified atom stereocenters. The Balaban J connectivity index is 2.13. The van der Waals surface area contributed by atoms with E-state index in [0.29, 0.717) is 11.1 Å². The van der Waals surface area contributed by atoms with Gasteiger partial charge in [0.25, 0.3) is 0 Å². The lowest BCUT2D eigenvalue weighted by Crippen LogP contribution is -2.00. The van der Waals surface area contributed by atoms with Crippen LogP contribution in [0.25, 0.3) is 0 Å². The van der Waals surface area contributed by atoms with Gasteiger partial charge < -0.3 is 9.84 Å². The molecule has 2 aromatic rings. The second kappa shape index (κ2) is 6.20. The largest absolute Gasteiger partial charge is 0.486 e. The third-order valence-corrected chi connectivity index (χ3v) is 3.28. The van der Waals surface area contributed by atoms with E-state index in [1.165, 1.54) is 24.3 Å². The van der Waals surface area contributed by atoms with E-state index in [0.717, 1.165) is 0 Å². The van der Waals surface area contributed by atoms with E-state index in [9.17, 15) is 13.9 Å². The minimum absolute atomic E-state index is 0.0229. The van der Waals surface area contributed by atoms with Crippen LogP contribution in [-0.2, 0) is 6.61 Å². The Bertz CT molecular complexity index is 615. The normalized spacial score (nSPS) is 12.2. The number of aliphatic hydroxyl groups is 1. The fourth-order valence-corrected chi connectivity index (χ4v) is 1.89. The predicted octanol–water partition coefficient (Wildman–Crippen LogP) is 4.25. The molecular weight excluding hydrogens is 286 g/mol. The third kappa shape index (κ3) is 3.26. The Morgan fingerprint density at radius 2 is 1.95 bits per heavy atom. The van der Waals surface area contributed by atoms with Gasteiger partial charge in [-0.05, 0) is 30.7 Å². The van der Waals surface area contributed by atoms with E-state index in [2.05, 4.69) is 0 Å². The Hall–Kier alpha value is -1.65. The summed E-state index contributed by atoms with van der Waals surface area (Å²) in [6.45, 7) is 1.50. The summed E-state index contributed by atoms with van der Waals surface area (Å²) >= 11 is 5.78. The maximum atomic E-state index is 13.7. The fourth-order valence-electron chi connectivity index (χ4n) is 1.71. The van der Waals surface area contributed by atoms with Crippen LogP contribution in [0.2, 0.25) is 5.02 Å². The van der Waals surface area contributed by atoms with Crippen LogP contribution in [-0.4, -0.2) is 5.11 Å². The Morgan fingerprint density at radius 1 is 1.20 bits per heavy atom. The second-order valence-electron chi connectivity index (χ2n) is 4.37. The lowest BCUT2D eigenvalue weighted by atomic mass is 10.1. The molecule has 0 saturated heterocycles. The molecule has 0 heterocycles. The number of halogens is 3. The zero-order chi connectivity index (χ0) is 14.7. The van der Waals surface area contributed by atoms with Gasteiger partial charge in [-0.25, -0.2) is 8.78 Å². The van der Waals surface area contributed by atoms with Crippen LogP contribution in [0.4, 0.5) is 8.78 Å². The van der Waals surface area contributed by atoms with Gasteiger partial charge in [0.2, 0.25) is 0 Å². The highest BCUT2D eigenvalue weighted by atomic mass is 35.5. The minimum Gasteiger partial charge on any atom is -0.486 e. The Labute approximate surface area is 120 Å². The topological polar surface area (TPSA) is 29.5 Å². The van der Waals surface area contributed by atoms with Crippen LogP contribution < -0.4 is 4.74 Å². The third-order valence-electron chi connectivity index (χ3n) is 2.85. The summed E-state index contributed by atoms with van der Waals surface area (Å²) in [7, 11) is 0. The molecule has 1 N–H and O–H groups in total. The summed E-state index contributed by atoms with van der Waals surface area (Å²) in [5.74, 6) is -1.11. The molecule has 106 valence electrons. The number of hydrogen-bond acceptors (Lipinski definition) is 2. The van der Waals surface area contributed by atoms with E-state index >= 15 is 0 Å². The smallest absolute Gasteiger partial charge is 0.165 e. The first kappa shape index (κ1) is 14.8. The zero-order valence-corrected chi connectivity index (χ0v) is 11.5. The summed E-state index contributed by atoms with van der Waals surface area (Å²) < 4.78 is 32.3. The first-order chi connectivity index (χ1) is 9.49. The van der Waals surface area contributed by atoms with Crippen molar-refractivity contribution in [1.29, 1.82) is 0 Å². The van der Waals surface area contributed by atoms with Crippen molar-refractivity contribution in [3.63, 3.8) is 0 Å². The van der Waals surface area contributed by atoms with Crippen molar-refractivity contribution in [3.8, 4) is 5.75 Å². The maximum absolute atomic E-state index is 13.7. The Kier molecular flexibility index (Phi) is 4.57. The number of benzene rings is 2. The van der Waals surface area contributed by atoms with Gasteiger partial charge >= 0.3 is 0 Å². The zero-order valence-electron chi connectivity index (χ0n) is 10.7. The van der Waals surface area contributed by atoms with Crippen molar-refractivity contribution in [2.45, 2.75) is 19.6 Å². The van der Waals surface area contributed by atoms with Crippen molar-refractivity contribution in [3.05, 3.63) is 64.2 Å². The summed E-state index contributed by atoms with van der Waals surface area (Å²) in [5, 5.41) is 9.31.